The number of methoxy groups -OCH3 is 1. The Balaban J connectivity index is 2.06. The molecule has 0 unspecified atom stereocenters. The number of halogens is 2. The van der Waals surface area contributed by atoms with Crippen LogP contribution in [0.1, 0.15) is 0 Å². The second-order valence-electron chi connectivity index (χ2n) is 5.09. The Kier molecular flexibility index (Phi) is 5.14. The van der Waals surface area contributed by atoms with E-state index in [9.17, 15) is 4.39 Å². The van der Waals surface area contributed by atoms with Gasteiger partial charge < -0.3 is 14.8 Å². The lowest BCUT2D eigenvalue weighted by Gasteiger charge is -2.13. The van der Waals surface area contributed by atoms with Gasteiger partial charge in [-0.25, -0.2) is 14.4 Å². The maximum Gasteiger partial charge on any atom is 0.162 e. The Morgan fingerprint density at radius 3 is 2.80 bits per heavy atom. The van der Waals surface area contributed by atoms with Gasteiger partial charge in [-0.3, -0.25) is 0 Å². The molecule has 25 heavy (non-hydrogen) atoms. The third kappa shape index (κ3) is 3.71. The van der Waals surface area contributed by atoms with E-state index in [4.69, 9.17) is 9.47 Å². The van der Waals surface area contributed by atoms with Crippen LogP contribution in [0.4, 0.5) is 15.9 Å². The molecule has 0 radical (unpaired) electrons. The average Bonchev–Trinajstić information content (AvgIpc) is 2.61. The van der Waals surface area contributed by atoms with E-state index in [1.54, 1.807) is 37.5 Å². The first-order valence-electron chi connectivity index (χ1n) is 7.41. The molecule has 5 nitrogen and oxygen atoms in total. The first-order valence-corrected chi connectivity index (χ1v) is 8.20. The number of ether oxygens (including phenoxy) is 2. The van der Waals surface area contributed by atoms with Crippen LogP contribution in [-0.4, -0.2) is 23.7 Å². The van der Waals surface area contributed by atoms with Crippen LogP contribution in [0, 0.1) is 5.82 Å². The van der Waals surface area contributed by atoms with Crippen LogP contribution in [0.15, 0.2) is 53.8 Å². The standard InChI is InChI=1S/C18H15BrFN3O2/c1-3-6-25-17-8-12-15(9-16(17)24-2)21-10-22-18(12)23-14-5-4-11(19)7-13(14)20/h3-5,7-10H,1,6H2,2H3,(H,21,22,23). The van der Waals surface area contributed by atoms with Crippen LogP contribution >= 0.6 is 15.9 Å². The lowest BCUT2D eigenvalue weighted by atomic mass is 10.2. The Morgan fingerprint density at radius 1 is 1.24 bits per heavy atom. The first kappa shape index (κ1) is 17.2. The van der Waals surface area contributed by atoms with Gasteiger partial charge in [0, 0.05) is 15.9 Å². The third-order valence-corrected chi connectivity index (χ3v) is 3.95. The van der Waals surface area contributed by atoms with Crippen molar-refractivity contribution in [2.75, 3.05) is 19.0 Å². The van der Waals surface area contributed by atoms with E-state index in [0.29, 0.717) is 45.0 Å². The van der Waals surface area contributed by atoms with E-state index in [0.717, 1.165) is 0 Å². The molecule has 0 saturated carbocycles. The molecule has 3 aromatic rings. The molecule has 0 aliphatic carbocycles. The highest BCUT2D eigenvalue weighted by Crippen LogP contribution is 2.35. The number of anilines is 2. The topological polar surface area (TPSA) is 56.3 Å². The lowest BCUT2D eigenvalue weighted by molar-refractivity contribution is 0.327. The summed E-state index contributed by atoms with van der Waals surface area (Å²) < 4.78 is 25.7. The molecule has 0 atom stereocenters. The van der Waals surface area contributed by atoms with Gasteiger partial charge in [-0.05, 0) is 24.3 Å². The second kappa shape index (κ2) is 7.48. The summed E-state index contributed by atoms with van der Waals surface area (Å²) in [4.78, 5) is 8.47. The van der Waals surface area contributed by atoms with E-state index in [1.165, 1.54) is 12.4 Å². The maximum absolute atomic E-state index is 14.1. The fourth-order valence-corrected chi connectivity index (χ4v) is 2.64. The van der Waals surface area contributed by atoms with E-state index >= 15 is 0 Å². The molecule has 1 heterocycles. The molecule has 1 N–H and O–H groups in total. The van der Waals surface area contributed by atoms with Crippen molar-refractivity contribution in [2.24, 2.45) is 0 Å². The Morgan fingerprint density at radius 2 is 2.08 bits per heavy atom. The van der Waals surface area contributed by atoms with E-state index in [1.807, 2.05) is 0 Å². The molecule has 0 aliphatic rings. The van der Waals surface area contributed by atoms with Crippen LogP contribution in [-0.2, 0) is 0 Å². The molecule has 0 saturated heterocycles. The fraction of sp³-hybridized carbons (Fsp3) is 0.111. The zero-order valence-corrected chi connectivity index (χ0v) is 15.0. The predicted octanol–water partition coefficient (Wildman–Crippen LogP) is 4.85. The van der Waals surface area contributed by atoms with Crippen LogP contribution in [0.5, 0.6) is 11.5 Å². The third-order valence-electron chi connectivity index (χ3n) is 3.46. The number of rotatable bonds is 6. The molecule has 0 spiro atoms. The quantitative estimate of drug-likeness (QED) is 0.596. The lowest BCUT2D eigenvalue weighted by Crippen LogP contribution is -2.00. The van der Waals surface area contributed by atoms with Gasteiger partial charge in [0.25, 0.3) is 0 Å². The van der Waals surface area contributed by atoms with Gasteiger partial charge >= 0.3 is 0 Å². The SMILES string of the molecule is C=CCOc1cc2c(Nc3ccc(Br)cc3F)ncnc2cc1OC. The van der Waals surface area contributed by atoms with Gasteiger partial charge in [0.15, 0.2) is 11.5 Å². The molecular weight excluding hydrogens is 389 g/mol. The van der Waals surface area contributed by atoms with Crippen molar-refractivity contribution in [3.05, 3.63) is 59.6 Å². The zero-order valence-electron chi connectivity index (χ0n) is 13.4. The zero-order chi connectivity index (χ0) is 17.8. The summed E-state index contributed by atoms with van der Waals surface area (Å²) in [6.45, 7) is 3.97. The highest BCUT2D eigenvalue weighted by molar-refractivity contribution is 9.10. The van der Waals surface area contributed by atoms with Gasteiger partial charge in [-0.15, -0.1) is 0 Å². The minimum Gasteiger partial charge on any atom is -0.493 e. The molecule has 1 aromatic heterocycles. The average molecular weight is 404 g/mol. The molecule has 7 heteroatoms. The van der Waals surface area contributed by atoms with Gasteiger partial charge in [0.1, 0.15) is 24.6 Å². The van der Waals surface area contributed by atoms with Crippen molar-refractivity contribution < 1.29 is 13.9 Å². The minimum atomic E-state index is -0.391. The summed E-state index contributed by atoms with van der Waals surface area (Å²) in [5, 5.41) is 3.68. The highest BCUT2D eigenvalue weighted by atomic mass is 79.9. The number of hydrogen-bond donors (Lipinski definition) is 1. The number of benzene rings is 2. The Labute approximate surface area is 152 Å². The summed E-state index contributed by atoms with van der Waals surface area (Å²) in [5.41, 5.74) is 0.963. The maximum atomic E-state index is 14.1. The summed E-state index contributed by atoms with van der Waals surface area (Å²) in [6, 6.07) is 8.27. The second-order valence-corrected chi connectivity index (χ2v) is 6.01. The van der Waals surface area contributed by atoms with Crippen molar-refractivity contribution in [1.82, 2.24) is 9.97 Å². The number of fused-ring (bicyclic) bond motifs is 1. The van der Waals surface area contributed by atoms with Gasteiger partial charge in [-0.1, -0.05) is 28.6 Å². The van der Waals surface area contributed by atoms with Crippen molar-refractivity contribution >= 4 is 38.3 Å². The van der Waals surface area contributed by atoms with Crippen LogP contribution in [0.25, 0.3) is 10.9 Å². The molecular formula is C18H15BrFN3O2. The van der Waals surface area contributed by atoms with Gasteiger partial charge in [-0.2, -0.15) is 0 Å². The molecule has 0 aliphatic heterocycles. The predicted molar refractivity (Wildman–Crippen MR) is 99.2 cm³/mol. The van der Waals surface area contributed by atoms with Crippen LogP contribution in [0.3, 0.4) is 0 Å². The van der Waals surface area contributed by atoms with Crippen molar-refractivity contribution in [1.29, 1.82) is 0 Å². The largest absolute Gasteiger partial charge is 0.493 e. The molecule has 3 rings (SSSR count). The Hall–Kier alpha value is -2.67. The normalized spacial score (nSPS) is 10.5. The van der Waals surface area contributed by atoms with Crippen molar-refractivity contribution in [2.45, 2.75) is 0 Å². The molecule has 2 aromatic carbocycles. The van der Waals surface area contributed by atoms with Crippen molar-refractivity contribution in [3.63, 3.8) is 0 Å². The summed E-state index contributed by atoms with van der Waals surface area (Å²) in [5.74, 6) is 1.16. The Bertz CT molecular complexity index is 934. The minimum absolute atomic E-state index is 0.313. The van der Waals surface area contributed by atoms with Gasteiger partial charge in [0.2, 0.25) is 0 Å². The molecule has 0 bridgehead atoms. The van der Waals surface area contributed by atoms with E-state index in [2.05, 4.69) is 37.8 Å². The smallest absolute Gasteiger partial charge is 0.162 e. The summed E-state index contributed by atoms with van der Waals surface area (Å²) in [6.07, 6.45) is 3.05. The monoisotopic (exact) mass is 403 g/mol. The summed E-state index contributed by atoms with van der Waals surface area (Å²) in [7, 11) is 1.56. The highest BCUT2D eigenvalue weighted by Gasteiger charge is 2.13. The van der Waals surface area contributed by atoms with Crippen LogP contribution < -0.4 is 14.8 Å². The van der Waals surface area contributed by atoms with Crippen molar-refractivity contribution in [3.8, 4) is 11.5 Å². The van der Waals surface area contributed by atoms with E-state index < -0.39 is 5.82 Å². The van der Waals surface area contributed by atoms with E-state index in [-0.39, 0.29) is 0 Å². The fourth-order valence-electron chi connectivity index (χ4n) is 2.30. The van der Waals surface area contributed by atoms with Crippen LogP contribution in [0.2, 0.25) is 0 Å². The molecule has 0 fully saturated rings. The number of nitrogens with one attached hydrogen (secondary N) is 1. The number of hydrogen-bond acceptors (Lipinski definition) is 5. The molecule has 128 valence electrons. The summed E-state index contributed by atoms with van der Waals surface area (Å²) >= 11 is 3.24. The molecule has 0 amide bonds. The first-order chi connectivity index (χ1) is 12.1. The number of aromatic nitrogens is 2. The number of nitrogens with zero attached hydrogens (tertiary/aromatic N) is 2. The van der Waals surface area contributed by atoms with Gasteiger partial charge in [0.05, 0.1) is 18.3 Å².